The second-order valence-electron chi connectivity index (χ2n) is 15.0. The number of esters is 1. The lowest BCUT2D eigenvalue weighted by molar-refractivity contribution is -0.171. The van der Waals surface area contributed by atoms with Crippen molar-refractivity contribution in [3.05, 3.63) is 99.7 Å². The number of aromatic nitrogens is 1. The van der Waals surface area contributed by atoms with Gasteiger partial charge in [-0.3, -0.25) is 24.1 Å². The third-order valence-electron chi connectivity index (χ3n) is 11.4. The van der Waals surface area contributed by atoms with Gasteiger partial charge in [0.15, 0.2) is 0 Å². The third kappa shape index (κ3) is 8.91. The number of hydrogen-bond acceptors (Lipinski definition) is 7. The maximum absolute atomic E-state index is 14.2. The summed E-state index contributed by atoms with van der Waals surface area (Å²) in [5.41, 5.74) is 3.42. The van der Waals surface area contributed by atoms with Crippen LogP contribution in [0.1, 0.15) is 66.9 Å². The quantitative estimate of drug-likeness (QED) is 0.153. The summed E-state index contributed by atoms with van der Waals surface area (Å²) in [5, 5.41) is 4.31. The Labute approximate surface area is 337 Å². The zero-order valence-electron chi connectivity index (χ0n) is 31.9. The Hall–Kier alpha value is -4.42. The lowest BCUT2D eigenvalue weighted by Gasteiger charge is -2.44. The first-order valence-corrected chi connectivity index (χ1v) is 20.4. The van der Waals surface area contributed by atoms with Crippen molar-refractivity contribution in [2.45, 2.75) is 76.8 Å². The summed E-state index contributed by atoms with van der Waals surface area (Å²) in [4.78, 5) is 59.5. The minimum atomic E-state index is -0.501. The number of amides is 3. The van der Waals surface area contributed by atoms with Crippen molar-refractivity contribution in [1.29, 1.82) is 0 Å². The minimum Gasteiger partial charge on any atom is -0.466 e. The number of aryl methyl sites for hydroxylation is 1. The molecule has 0 radical (unpaired) electrons. The zero-order chi connectivity index (χ0) is 39.3. The van der Waals surface area contributed by atoms with Gasteiger partial charge in [0.2, 0.25) is 11.8 Å². The smallest absolute Gasteiger partial charge is 0.308 e. The van der Waals surface area contributed by atoms with Crippen molar-refractivity contribution in [2.75, 3.05) is 38.1 Å². The van der Waals surface area contributed by atoms with Gasteiger partial charge in [0.05, 0.1) is 53.9 Å². The van der Waals surface area contributed by atoms with Crippen LogP contribution in [0.5, 0.6) is 0 Å². The van der Waals surface area contributed by atoms with Gasteiger partial charge in [0.1, 0.15) is 6.23 Å². The average molecular weight is 803 g/mol. The molecule has 3 heterocycles. The number of hydrogen-bond donors (Lipinski definition) is 1. The SMILES string of the molecule is CCOC(=O)[C@H]1CC[C@H](OC([C@@H]2CCCN2C(=O)Cc2cc(Cl)c(NC(=O)c3cn(C)c4ccccc34)cc2Cl)N2CCN(Cc3ccccc3)C(=O)C2)CC1. The summed E-state index contributed by atoms with van der Waals surface area (Å²) < 4.78 is 14.1. The van der Waals surface area contributed by atoms with Crippen LogP contribution in [0.4, 0.5) is 5.69 Å². The predicted molar refractivity (Wildman–Crippen MR) is 216 cm³/mol. The number of benzene rings is 3. The number of fused-ring (bicyclic) bond motifs is 1. The van der Waals surface area contributed by atoms with E-state index in [-0.39, 0.29) is 59.7 Å². The number of nitrogens with one attached hydrogen (secondary N) is 1. The molecule has 2 saturated heterocycles. The van der Waals surface area contributed by atoms with Crippen LogP contribution in [0.3, 0.4) is 0 Å². The molecule has 0 spiro atoms. The maximum Gasteiger partial charge on any atom is 0.308 e. The van der Waals surface area contributed by atoms with Gasteiger partial charge in [0, 0.05) is 55.3 Å². The van der Waals surface area contributed by atoms with E-state index < -0.39 is 6.23 Å². The van der Waals surface area contributed by atoms with E-state index in [0.29, 0.717) is 80.3 Å². The van der Waals surface area contributed by atoms with Gasteiger partial charge in [-0.1, -0.05) is 71.7 Å². The van der Waals surface area contributed by atoms with E-state index in [1.165, 1.54) is 0 Å². The molecule has 2 aliphatic heterocycles. The van der Waals surface area contributed by atoms with Gasteiger partial charge < -0.3 is 29.2 Å². The molecule has 1 unspecified atom stereocenters. The molecular formula is C43H49Cl2N5O6. The van der Waals surface area contributed by atoms with E-state index in [9.17, 15) is 19.2 Å². The van der Waals surface area contributed by atoms with Crippen molar-refractivity contribution in [3.63, 3.8) is 0 Å². The fourth-order valence-corrected chi connectivity index (χ4v) is 8.89. The molecule has 1 saturated carbocycles. The summed E-state index contributed by atoms with van der Waals surface area (Å²) in [6.07, 6.45) is 5.41. The van der Waals surface area contributed by atoms with Crippen LogP contribution in [0.2, 0.25) is 10.0 Å². The van der Waals surface area contributed by atoms with Crippen LogP contribution in [-0.2, 0) is 43.9 Å². The van der Waals surface area contributed by atoms with Gasteiger partial charge >= 0.3 is 5.97 Å². The standard InChI is InChI=1S/C43H49Cl2N5O6/c1-3-55-43(54)29-15-17-31(18-16-29)56-42(49-21-20-48(40(52)27-49)25-28-10-5-4-6-11-28)38-14-9-19-50(38)39(51)23-30-22-35(45)36(24-34(30)44)46-41(53)33-26-47(2)37-13-8-7-12-32(33)37/h4-8,10-13,22,24,26,29,31,38,42H,3,9,14-21,23,25,27H2,1-2H3,(H,46,53)/t29-,31-,38-,42?/m0/s1. The fourth-order valence-electron chi connectivity index (χ4n) is 8.42. The van der Waals surface area contributed by atoms with Crippen molar-refractivity contribution >= 4 is 63.5 Å². The molecule has 2 atom stereocenters. The number of ether oxygens (including phenoxy) is 2. The normalized spacial score (nSPS) is 21.0. The van der Waals surface area contributed by atoms with E-state index in [4.69, 9.17) is 32.7 Å². The van der Waals surface area contributed by atoms with Crippen LogP contribution in [0, 0.1) is 5.92 Å². The minimum absolute atomic E-state index is 0.00769. The number of rotatable bonds is 12. The summed E-state index contributed by atoms with van der Waals surface area (Å²) in [7, 11) is 1.89. The lowest BCUT2D eigenvalue weighted by Crippen LogP contribution is -2.60. The Morgan fingerprint density at radius 1 is 0.911 bits per heavy atom. The summed E-state index contributed by atoms with van der Waals surface area (Å²) >= 11 is 13.5. The summed E-state index contributed by atoms with van der Waals surface area (Å²) in [5.74, 6) is -0.718. The zero-order valence-corrected chi connectivity index (χ0v) is 33.4. The van der Waals surface area contributed by atoms with E-state index in [1.807, 2.05) is 82.9 Å². The number of likely N-dealkylation sites (tertiary alicyclic amines) is 1. The monoisotopic (exact) mass is 801 g/mol. The van der Waals surface area contributed by atoms with E-state index >= 15 is 0 Å². The number of para-hydroxylation sites is 1. The molecule has 1 aliphatic carbocycles. The number of piperazine rings is 1. The maximum atomic E-state index is 14.2. The van der Waals surface area contributed by atoms with Gasteiger partial charge in [-0.25, -0.2) is 0 Å². The Morgan fingerprint density at radius 2 is 1.66 bits per heavy atom. The third-order valence-corrected chi connectivity index (χ3v) is 12.0. The molecule has 13 heteroatoms. The molecule has 7 rings (SSSR count). The number of nitrogens with zero attached hydrogens (tertiary/aromatic N) is 4. The summed E-state index contributed by atoms with van der Waals surface area (Å²) in [6.45, 7) is 4.59. The highest BCUT2D eigenvalue weighted by atomic mass is 35.5. The molecule has 4 aromatic rings. The van der Waals surface area contributed by atoms with E-state index in [1.54, 1.807) is 18.3 Å². The number of carbonyl (C=O) groups is 4. The van der Waals surface area contributed by atoms with E-state index in [2.05, 4.69) is 10.2 Å². The Balaban J connectivity index is 1.05. The van der Waals surface area contributed by atoms with Gasteiger partial charge in [-0.05, 0) is 74.8 Å². The second-order valence-corrected chi connectivity index (χ2v) is 15.9. The van der Waals surface area contributed by atoms with Crippen molar-refractivity contribution in [2.24, 2.45) is 13.0 Å². The topological polar surface area (TPSA) is 113 Å². The Bertz CT molecular complexity index is 2070. The molecule has 11 nitrogen and oxygen atoms in total. The van der Waals surface area contributed by atoms with Crippen LogP contribution >= 0.6 is 23.2 Å². The molecular weight excluding hydrogens is 753 g/mol. The highest BCUT2D eigenvalue weighted by Gasteiger charge is 2.42. The number of halogens is 2. The van der Waals surface area contributed by atoms with Gasteiger partial charge in [-0.15, -0.1) is 0 Å². The number of anilines is 1. The van der Waals surface area contributed by atoms with Crippen molar-refractivity contribution in [1.82, 2.24) is 19.3 Å². The predicted octanol–water partition coefficient (Wildman–Crippen LogP) is 7.08. The first-order valence-electron chi connectivity index (χ1n) is 19.6. The average Bonchev–Trinajstić information content (AvgIpc) is 3.82. The molecule has 296 valence electrons. The lowest BCUT2D eigenvalue weighted by atomic mass is 9.87. The highest BCUT2D eigenvalue weighted by molar-refractivity contribution is 6.36. The van der Waals surface area contributed by atoms with Crippen LogP contribution < -0.4 is 5.32 Å². The fraction of sp³-hybridized carbons (Fsp3) is 0.442. The molecule has 3 aromatic carbocycles. The van der Waals surface area contributed by atoms with Crippen LogP contribution in [0.25, 0.3) is 10.9 Å². The van der Waals surface area contributed by atoms with Crippen LogP contribution in [-0.4, -0.2) is 94.1 Å². The van der Waals surface area contributed by atoms with Crippen molar-refractivity contribution in [3.8, 4) is 0 Å². The molecule has 0 bridgehead atoms. The van der Waals surface area contributed by atoms with Gasteiger partial charge in [-0.2, -0.15) is 0 Å². The first-order chi connectivity index (χ1) is 27.1. The largest absolute Gasteiger partial charge is 0.466 e. The molecule has 1 aromatic heterocycles. The molecule has 56 heavy (non-hydrogen) atoms. The first kappa shape index (κ1) is 39.8. The number of carbonyl (C=O) groups excluding carboxylic acids is 4. The van der Waals surface area contributed by atoms with Crippen molar-refractivity contribution < 1.29 is 28.7 Å². The molecule has 3 fully saturated rings. The highest BCUT2D eigenvalue weighted by Crippen LogP contribution is 2.35. The van der Waals surface area contributed by atoms with Crippen LogP contribution in [0.15, 0.2) is 72.9 Å². The van der Waals surface area contributed by atoms with Gasteiger partial charge in [0.25, 0.3) is 5.91 Å². The van der Waals surface area contributed by atoms with E-state index in [0.717, 1.165) is 29.3 Å². The summed E-state index contributed by atoms with van der Waals surface area (Å²) in [6, 6.07) is 20.6. The Morgan fingerprint density at radius 3 is 2.41 bits per heavy atom. The molecule has 1 N–H and O–H groups in total. The second kappa shape index (κ2) is 17.8. The molecule has 3 amide bonds. The molecule has 3 aliphatic rings. The Kier molecular flexibility index (Phi) is 12.7.